The molecule has 1 aromatic heterocycles. The standard InChI is InChI=1S/C19H11ClF2N6O3/c20-10-3-1-2-9(6-10)17-23-14(31-25-17)8-27-16-15(24-26-27)18(29)28(19(16)30)11-4-5-12(21)13(22)7-11/h1-7,15-16H,8H2/t15-,16+/m1/s1. The van der Waals surface area contributed by atoms with Crippen LogP contribution in [0.1, 0.15) is 5.89 Å². The number of benzene rings is 2. The molecular weight excluding hydrogens is 434 g/mol. The highest BCUT2D eigenvalue weighted by Crippen LogP contribution is 2.33. The normalized spacial score (nSPS) is 20.1. The van der Waals surface area contributed by atoms with Crippen LogP contribution < -0.4 is 4.90 Å². The predicted molar refractivity (Wildman–Crippen MR) is 102 cm³/mol. The maximum atomic E-state index is 13.6. The van der Waals surface area contributed by atoms with Gasteiger partial charge in [-0.15, -0.1) is 0 Å². The number of rotatable bonds is 4. The third kappa shape index (κ3) is 3.22. The first-order valence-corrected chi connectivity index (χ1v) is 9.39. The van der Waals surface area contributed by atoms with Gasteiger partial charge in [-0.2, -0.15) is 10.1 Å². The summed E-state index contributed by atoms with van der Waals surface area (Å²) in [4.78, 5) is 30.6. The summed E-state index contributed by atoms with van der Waals surface area (Å²) in [7, 11) is 0. The Morgan fingerprint density at radius 2 is 1.90 bits per heavy atom. The van der Waals surface area contributed by atoms with E-state index in [0.717, 1.165) is 23.1 Å². The maximum Gasteiger partial charge on any atom is 0.263 e. The molecule has 3 heterocycles. The van der Waals surface area contributed by atoms with Gasteiger partial charge in [0.1, 0.15) is 6.54 Å². The van der Waals surface area contributed by atoms with Crippen molar-refractivity contribution in [2.24, 2.45) is 10.3 Å². The minimum absolute atomic E-state index is 0.0805. The maximum absolute atomic E-state index is 13.6. The molecule has 0 bridgehead atoms. The number of aromatic nitrogens is 2. The van der Waals surface area contributed by atoms with E-state index >= 15 is 0 Å². The van der Waals surface area contributed by atoms with Crippen LogP contribution in [0.4, 0.5) is 14.5 Å². The Labute approximate surface area is 177 Å². The van der Waals surface area contributed by atoms with Crippen LogP contribution in [0.15, 0.2) is 57.3 Å². The van der Waals surface area contributed by atoms with Crippen molar-refractivity contribution in [2.45, 2.75) is 18.6 Å². The van der Waals surface area contributed by atoms with Gasteiger partial charge >= 0.3 is 0 Å². The first kappa shape index (κ1) is 19.2. The van der Waals surface area contributed by atoms with E-state index in [-0.39, 0.29) is 18.1 Å². The van der Waals surface area contributed by atoms with Crippen molar-refractivity contribution in [3.05, 3.63) is 65.0 Å². The lowest BCUT2D eigenvalue weighted by molar-refractivity contribution is -0.123. The zero-order chi connectivity index (χ0) is 21.7. The van der Waals surface area contributed by atoms with E-state index in [0.29, 0.717) is 16.4 Å². The van der Waals surface area contributed by atoms with Crippen LogP contribution in [0.25, 0.3) is 11.4 Å². The van der Waals surface area contributed by atoms with Crippen LogP contribution in [0.5, 0.6) is 0 Å². The van der Waals surface area contributed by atoms with E-state index in [1.165, 1.54) is 5.01 Å². The number of fused-ring (bicyclic) bond motifs is 1. The van der Waals surface area contributed by atoms with Crippen LogP contribution >= 0.6 is 11.6 Å². The van der Waals surface area contributed by atoms with E-state index in [1.54, 1.807) is 24.3 Å². The molecule has 9 nitrogen and oxygen atoms in total. The lowest BCUT2D eigenvalue weighted by Gasteiger charge is -2.19. The third-order valence-corrected chi connectivity index (χ3v) is 5.10. The van der Waals surface area contributed by atoms with Crippen LogP contribution in [-0.2, 0) is 16.1 Å². The lowest BCUT2D eigenvalue weighted by atomic mass is 10.1. The van der Waals surface area contributed by atoms with Crippen molar-refractivity contribution < 1.29 is 22.9 Å². The highest BCUT2D eigenvalue weighted by molar-refractivity contribution is 6.30. The van der Waals surface area contributed by atoms with E-state index < -0.39 is 35.5 Å². The van der Waals surface area contributed by atoms with Crippen LogP contribution in [0.3, 0.4) is 0 Å². The number of anilines is 1. The Balaban J connectivity index is 1.37. The number of hydrogen-bond donors (Lipinski definition) is 0. The Morgan fingerprint density at radius 1 is 1.06 bits per heavy atom. The van der Waals surface area contributed by atoms with Gasteiger partial charge in [-0.1, -0.05) is 34.1 Å². The van der Waals surface area contributed by atoms with Crippen LogP contribution in [0.2, 0.25) is 5.02 Å². The Hall–Kier alpha value is -3.73. The number of amides is 2. The minimum atomic E-state index is -1.17. The summed E-state index contributed by atoms with van der Waals surface area (Å²) >= 11 is 5.97. The number of carbonyl (C=O) groups excluding carboxylic acids is 2. The molecule has 0 unspecified atom stereocenters. The minimum Gasteiger partial charge on any atom is -0.337 e. The summed E-state index contributed by atoms with van der Waals surface area (Å²) in [5.74, 6) is -3.18. The molecule has 1 saturated heterocycles. The van der Waals surface area contributed by atoms with Crippen molar-refractivity contribution in [2.75, 3.05) is 4.90 Å². The summed E-state index contributed by atoms with van der Waals surface area (Å²) < 4.78 is 32.0. The second-order valence-electron chi connectivity index (χ2n) is 6.82. The van der Waals surface area contributed by atoms with Crippen LogP contribution in [0, 0.1) is 11.6 Å². The van der Waals surface area contributed by atoms with Crippen molar-refractivity contribution >= 4 is 29.1 Å². The zero-order valence-electron chi connectivity index (χ0n) is 15.4. The summed E-state index contributed by atoms with van der Waals surface area (Å²) in [6.07, 6.45) is 0. The number of carbonyl (C=O) groups is 2. The second kappa shape index (κ2) is 7.20. The molecule has 0 N–H and O–H groups in total. The fourth-order valence-electron chi connectivity index (χ4n) is 3.43. The van der Waals surface area contributed by atoms with Gasteiger partial charge in [-0.3, -0.25) is 14.6 Å². The first-order valence-electron chi connectivity index (χ1n) is 9.01. The molecule has 0 aliphatic carbocycles. The number of halogens is 3. The van der Waals surface area contributed by atoms with Crippen molar-refractivity contribution in [1.29, 1.82) is 0 Å². The van der Waals surface area contributed by atoms with Crippen LogP contribution in [-0.4, -0.2) is 39.0 Å². The molecule has 0 saturated carbocycles. The molecule has 156 valence electrons. The molecule has 2 amide bonds. The molecule has 0 radical (unpaired) electrons. The average Bonchev–Trinajstić information content (AvgIpc) is 3.43. The van der Waals surface area contributed by atoms with E-state index in [1.807, 2.05) is 0 Å². The zero-order valence-corrected chi connectivity index (χ0v) is 16.2. The van der Waals surface area contributed by atoms with Crippen molar-refractivity contribution in [1.82, 2.24) is 15.1 Å². The number of imide groups is 1. The first-order chi connectivity index (χ1) is 14.9. The van der Waals surface area contributed by atoms with Gasteiger partial charge in [0, 0.05) is 16.7 Å². The van der Waals surface area contributed by atoms with Gasteiger partial charge in [-0.25, -0.2) is 13.7 Å². The second-order valence-corrected chi connectivity index (χ2v) is 7.26. The molecule has 2 aliphatic rings. The van der Waals surface area contributed by atoms with Gasteiger partial charge in [0.05, 0.1) is 5.69 Å². The number of nitrogens with zero attached hydrogens (tertiary/aromatic N) is 6. The van der Waals surface area contributed by atoms with Gasteiger partial charge in [0.2, 0.25) is 11.7 Å². The summed E-state index contributed by atoms with van der Waals surface area (Å²) in [6, 6.07) is 7.48. The highest BCUT2D eigenvalue weighted by Gasteiger charge is 2.55. The average molecular weight is 445 g/mol. The van der Waals surface area contributed by atoms with Gasteiger partial charge in [0.15, 0.2) is 23.7 Å². The summed E-state index contributed by atoms with van der Waals surface area (Å²) in [6.45, 7) is -0.0805. The molecule has 0 spiro atoms. The fraction of sp³-hybridized carbons (Fsp3) is 0.158. The SMILES string of the molecule is O=C1[C@@H]2[C@@H](N=NN2Cc2nc(-c3cccc(Cl)c3)no2)C(=O)N1c1ccc(F)c(F)c1. The van der Waals surface area contributed by atoms with Crippen molar-refractivity contribution in [3.8, 4) is 11.4 Å². The Kier molecular flexibility index (Phi) is 4.47. The molecule has 1 fully saturated rings. The molecule has 5 rings (SSSR count). The van der Waals surface area contributed by atoms with Gasteiger partial charge in [0.25, 0.3) is 11.8 Å². The van der Waals surface area contributed by atoms with E-state index in [4.69, 9.17) is 16.1 Å². The van der Waals surface area contributed by atoms with Gasteiger partial charge < -0.3 is 4.52 Å². The highest BCUT2D eigenvalue weighted by atomic mass is 35.5. The molecule has 3 aromatic rings. The molecule has 2 aromatic carbocycles. The predicted octanol–water partition coefficient (Wildman–Crippen LogP) is 3.16. The number of hydrogen-bond acceptors (Lipinski definition) is 8. The summed E-state index contributed by atoms with van der Waals surface area (Å²) in [5.41, 5.74) is 0.555. The monoisotopic (exact) mass is 444 g/mol. The van der Waals surface area contributed by atoms with Crippen molar-refractivity contribution in [3.63, 3.8) is 0 Å². The quantitative estimate of drug-likeness (QED) is 0.572. The Bertz CT molecular complexity index is 1250. The molecule has 2 atom stereocenters. The molecule has 2 aliphatic heterocycles. The Morgan fingerprint density at radius 3 is 2.68 bits per heavy atom. The smallest absolute Gasteiger partial charge is 0.263 e. The third-order valence-electron chi connectivity index (χ3n) is 4.87. The summed E-state index contributed by atoms with van der Waals surface area (Å²) in [5, 5.41) is 13.4. The lowest BCUT2D eigenvalue weighted by Crippen LogP contribution is -2.39. The topological polar surface area (TPSA) is 104 Å². The molecule has 12 heteroatoms. The fourth-order valence-corrected chi connectivity index (χ4v) is 3.63. The molecule has 31 heavy (non-hydrogen) atoms. The van der Waals surface area contributed by atoms with E-state index in [9.17, 15) is 18.4 Å². The van der Waals surface area contributed by atoms with Gasteiger partial charge in [-0.05, 0) is 24.3 Å². The van der Waals surface area contributed by atoms with E-state index in [2.05, 4.69) is 20.5 Å². The molecular formula is C19H11ClF2N6O3. The largest absolute Gasteiger partial charge is 0.337 e.